The highest BCUT2D eigenvalue weighted by atomic mass is 32.2. The van der Waals surface area contributed by atoms with Crippen LogP contribution in [-0.2, 0) is 21.2 Å². The van der Waals surface area contributed by atoms with Crippen LogP contribution in [0.1, 0.15) is 87.1 Å². The molecule has 2 aromatic rings. The van der Waals surface area contributed by atoms with E-state index < -0.39 is 16.1 Å². The molecule has 208 valence electrons. The smallest absolute Gasteiger partial charge is 0.241 e. The van der Waals surface area contributed by atoms with Crippen molar-refractivity contribution in [2.45, 2.75) is 76.7 Å². The molecule has 3 rings (SSSR count). The highest BCUT2D eigenvalue weighted by Crippen LogP contribution is 2.35. The fourth-order valence-corrected chi connectivity index (χ4v) is 6.72. The summed E-state index contributed by atoms with van der Waals surface area (Å²) in [4.78, 5) is 15.7. The second kappa shape index (κ2) is 12.4. The van der Waals surface area contributed by atoms with Crippen LogP contribution in [0, 0.1) is 5.41 Å². The molecule has 0 aliphatic carbocycles. The maximum absolute atomic E-state index is 14.2. The van der Waals surface area contributed by atoms with Crippen molar-refractivity contribution in [3.8, 4) is 0 Å². The van der Waals surface area contributed by atoms with Gasteiger partial charge in [0.05, 0.1) is 4.90 Å². The molecular weight excluding hydrogens is 498 g/mol. The van der Waals surface area contributed by atoms with Crippen LogP contribution in [-0.4, -0.2) is 57.3 Å². The van der Waals surface area contributed by atoms with Crippen LogP contribution in [0.3, 0.4) is 0 Å². The van der Waals surface area contributed by atoms with Gasteiger partial charge in [-0.1, -0.05) is 71.9 Å². The van der Waals surface area contributed by atoms with Crippen LogP contribution in [0.4, 0.5) is 0 Å². The van der Waals surface area contributed by atoms with E-state index in [0.29, 0.717) is 31.7 Å². The highest BCUT2D eigenvalue weighted by Gasteiger charge is 2.33. The van der Waals surface area contributed by atoms with E-state index in [4.69, 9.17) is 11.1 Å². The minimum atomic E-state index is -4.06. The van der Waals surface area contributed by atoms with Crippen molar-refractivity contribution in [2.24, 2.45) is 5.73 Å². The van der Waals surface area contributed by atoms with E-state index in [1.807, 2.05) is 45.9 Å². The van der Waals surface area contributed by atoms with Gasteiger partial charge in [0, 0.05) is 31.7 Å². The third-order valence-electron chi connectivity index (χ3n) is 7.05. The quantitative estimate of drug-likeness (QED) is 0.270. The van der Waals surface area contributed by atoms with Gasteiger partial charge in [0.15, 0.2) is 0 Å². The Morgan fingerprint density at radius 2 is 1.58 bits per heavy atom. The van der Waals surface area contributed by atoms with Crippen LogP contribution in [0.5, 0.6) is 0 Å². The van der Waals surface area contributed by atoms with Gasteiger partial charge in [-0.3, -0.25) is 10.2 Å². The third kappa shape index (κ3) is 7.01. The van der Waals surface area contributed by atoms with Crippen molar-refractivity contribution >= 4 is 21.8 Å². The van der Waals surface area contributed by atoms with Gasteiger partial charge in [-0.15, -0.1) is 0 Å². The molecule has 1 saturated heterocycles. The molecule has 0 saturated carbocycles. The number of carbonyl (C=O) groups is 1. The Balaban J connectivity index is 2.10. The maximum Gasteiger partial charge on any atom is 0.241 e. The highest BCUT2D eigenvalue weighted by molar-refractivity contribution is 7.89. The first-order valence-electron chi connectivity index (χ1n) is 13.4. The average molecular weight is 542 g/mol. The Morgan fingerprint density at radius 1 is 1.00 bits per heavy atom. The Bertz CT molecular complexity index is 1240. The number of amidine groups is 1. The average Bonchev–Trinajstić information content (AvgIpc) is 2.87. The molecule has 2 aromatic carbocycles. The van der Waals surface area contributed by atoms with Crippen LogP contribution in [0.15, 0.2) is 41.3 Å². The zero-order valence-corrected chi connectivity index (χ0v) is 24.3. The molecule has 1 fully saturated rings. The maximum atomic E-state index is 14.2. The normalized spacial score (nSPS) is 15.3. The van der Waals surface area contributed by atoms with Gasteiger partial charge < -0.3 is 16.0 Å². The van der Waals surface area contributed by atoms with Gasteiger partial charge in [0.2, 0.25) is 15.9 Å². The third-order valence-corrected chi connectivity index (χ3v) is 8.65. The SMILES string of the molecule is CC(C)c1cc(C(C)C)c(S(=O)(=O)N[C@@H](Cc2cccc(C(=N)N)c2)C(=O)N2CCNCC2)c(C(C)C)c1. The number of piperazine rings is 1. The first kappa shape index (κ1) is 29.8. The van der Waals surface area contributed by atoms with Gasteiger partial charge in [0.25, 0.3) is 0 Å². The minimum absolute atomic E-state index is 0.0210. The Hall–Kier alpha value is -2.75. The second-order valence-corrected chi connectivity index (χ2v) is 12.7. The molecule has 5 N–H and O–H groups in total. The number of sulfonamides is 1. The molecule has 1 atom stereocenters. The van der Waals surface area contributed by atoms with Crippen molar-refractivity contribution in [1.82, 2.24) is 14.9 Å². The lowest BCUT2D eigenvalue weighted by molar-refractivity contribution is -0.133. The molecule has 0 spiro atoms. The van der Waals surface area contributed by atoms with Crippen molar-refractivity contribution in [3.05, 3.63) is 64.2 Å². The number of nitrogens with two attached hydrogens (primary N) is 1. The van der Waals surface area contributed by atoms with Crippen LogP contribution < -0.4 is 15.8 Å². The number of nitrogens with one attached hydrogen (secondary N) is 3. The summed E-state index contributed by atoms with van der Waals surface area (Å²) in [5.74, 6) is -0.116. The number of rotatable bonds is 10. The molecule has 1 amide bonds. The summed E-state index contributed by atoms with van der Waals surface area (Å²) < 4.78 is 31.2. The number of nitrogens with zero attached hydrogens (tertiary/aromatic N) is 1. The summed E-state index contributed by atoms with van der Waals surface area (Å²) in [5, 5.41) is 11.0. The number of benzene rings is 2. The lowest BCUT2D eigenvalue weighted by atomic mass is 9.89. The molecule has 8 nitrogen and oxygen atoms in total. The van der Waals surface area contributed by atoms with Crippen molar-refractivity contribution in [2.75, 3.05) is 26.2 Å². The van der Waals surface area contributed by atoms with Crippen molar-refractivity contribution in [3.63, 3.8) is 0 Å². The number of amides is 1. The lowest BCUT2D eigenvalue weighted by Crippen LogP contribution is -2.54. The van der Waals surface area contributed by atoms with E-state index >= 15 is 0 Å². The minimum Gasteiger partial charge on any atom is -0.384 e. The van der Waals surface area contributed by atoms with Gasteiger partial charge in [0.1, 0.15) is 11.9 Å². The Morgan fingerprint density at radius 3 is 2.08 bits per heavy atom. The fraction of sp³-hybridized carbons (Fsp3) is 0.517. The molecule has 0 bridgehead atoms. The fourth-order valence-electron chi connectivity index (χ4n) is 4.83. The summed E-state index contributed by atoms with van der Waals surface area (Å²) in [7, 11) is -4.06. The zero-order chi connectivity index (χ0) is 28.2. The monoisotopic (exact) mass is 541 g/mol. The lowest BCUT2D eigenvalue weighted by Gasteiger charge is -2.32. The molecule has 1 heterocycles. The topological polar surface area (TPSA) is 128 Å². The molecule has 0 aromatic heterocycles. The summed E-state index contributed by atoms with van der Waals surface area (Å²) in [6.07, 6.45) is 0.154. The molecule has 1 aliphatic rings. The van der Waals surface area contributed by atoms with E-state index in [9.17, 15) is 13.2 Å². The summed E-state index contributed by atoms with van der Waals surface area (Å²) in [6.45, 7) is 14.6. The number of nitrogen functional groups attached to an aromatic ring is 1. The molecule has 1 aliphatic heterocycles. The molecular formula is C29H43N5O3S. The number of hydrogen-bond acceptors (Lipinski definition) is 5. The van der Waals surface area contributed by atoms with Gasteiger partial charge in [-0.25, -0.2) is 8.42 Å². The van der Waals surface area contributed by atoms with E-state index in [2.05, 4.69) is 23.9 Å². The summed E-state index contributed by atoms with van der Waals surface area (Å²) >= 11 is 0. The largest absolute Gasteiger partial charge is 0.384 e. The Labute approximate surface area is 227 Å². The van der Waals surface area contributed by atoms with E-state index in [1.54, 1.807) is 23.1 Å². The van der Waals surface area contributed by atoms with E-state index in [-0.39, 0.29) is 40.8 Å². The van der Waals surface area contributed by atoms with Gasteiger partial charge in [-0.05, 0) is 52.5 Å². The zero-order valence-electron chi connectivity index (χ0n) is 23.5. The molecule has 38 heavy (non-hydrogen) atoms. The van der Waals surface area contributed by atoms with Crippen LogP contribution in [0.25, 0.3) is 0 Å². The molecule has 0 radical (unpaired) electrons. The predicted octanol–water partition coefficient (Wildman–Crippen LogP) is 3.66. The summed E-state index contributed by atoms with van der Waals surface area (Å²) in [5.41, 5.74) is 9.58. The van der Waals surface area contributed by atoms with E-state index in [0.717, 1.165) is 22.3 Å². The molecule has 9 heteroatoms. The van der Waals surface area contributed by atoms with Gasteiger partial charge in [-0.2, -0.15) is 4.72 Å². The van der Waals surface area contributed by atoms with Crippen LogP contribution in [0.2, 0.25) is 0 Å². The van der Waals surface area contributed by atoms with Crippen molar-refractivity contribution < 1.29 is 13.2 Å². The second-order valence-electron chi connectivity index (χ2n) is 11.1. The summed E-state index contributed by atoms with van der Waals surface area (Å²) in [6, 6.07) is 10.1. The molecule has 0 unspecified atom stereocenters. The first-order chi connectivity index (χ1) is 17.8. The van der Waals surface area contributed by atoms with Gasteiger partial charge >= 0.3 is 0 Å². The van der Waals surface area contributed by atoms with Crippen LogP contribution >= 0.6 is 0 Å². The first-order valence-corrected chi connectivity index (χ1v) is 14.9. The van der Waals surface area contributed by atoms with Crippen molar-refractivity contribution in [1.29, 1.82) is 5.41 Å². The van der Waals surface area contributed by atoms with E-state index in [1.165, 1.54) is 0 Å². The standard InChI is InChI=1S/C29H43N5O3S/c1-18(2)23-16-24(19(3)4)27(25(17-23)20(5)6)38(36,37)33-26(29(35)34-12-10-32-11-13-34)15-21-8-7-9-22(14-21)28(30)31/h7-9,14,16-20,26,32-33H,10-13,15H2,1-6H3,(H3,30,31)/t26-/m0/s1. The number of carbonyl (C=O) groups excluding carboxylic acids is 1. The number of hydrogen-bond donors (Lipinski definition) is 4. The predicted molar refractivity (Wildman–Crippen MR) is 153 cm³/mol. The Kier molecular flexibility index (Phi) is 9.73.